The topological polar surface area (TPSA) is 81.8 Å². The number of carbonyl (C=O) groups excluding carboxylic acids is 3. The van der Waals surface area contributed by atoms with Gasteiger partial charge in [0.1, 0.15) is 6.04 Å². The molecule has 25 heavy (non-hydrogen) atoms. The van der Waals surface area contributed by atoms with Crippen LogP contribution in [0.15, 0.2) is 36.9 Å². The van der Waals surface area contributed by atoms with Gasteiger partial charge in [-0.05, 0) is 37.5 Å². The number of benzene rings is 1. The number of hydrogen-bond acceptors (Lipinski definition) is 3. The van der Waals surface area contributed by atoms with Gasteiger partial charge in [0.05, 0.1) is 5.69 Å². The third-order valence-corrected chi connectivity index (χ3v) is 4.03. The van der Waals surface area contributed by atoms with Gasteiger partial charge < -0.3 is 15.5 Å². The van der Waals surface area contributed by atoms with E-state index >= 15 is 0 Å². The second-order valence-corrected chi connectivity index (χ2v) is 5.92. The van der Waals surface area contributed by atoms with E-state index in [4.69, 9.17) is 0 Å². The molecule has 7 heteroatoms. The Kier molecular flexibility index (Phi) is 6.16. The number of imide groups is 1. The van der Waals surface area contributed by atoms with Crippen LogP contribution in [-0.2, 0) is 4.79 Å². The van der Waals surface area contributed by atoms with Crippen LogP contribution in [0.25, 0.3) is 0 Å². The number of urea groups is 2. The highest BCUT2D eigenvalue weighted by Gasteiger charge is 2.37. The molecule has 1 aliphatic rings. The lowest BCUT2D eigenvalue weighted by atomic mass is 10.2. The predicted octanol–water partition coefficient (Wildman–Crippen LogP) is 2.95. The molecule has 1 aliphatic heterocycles. The highest BCUT2D eigenvalue weighted by molar-refractivity contribution is 6.21. The van der Waals surface area contributed by atoms with Crippen molar-refractivity contribution in [3.8, 4) is 0 Å². The third kappa shape index (κ3) is 4.37. The predicted molar refractivity (Wildman–Crippen MR) is 97.6 cm³/mol. The molecule has 7 nitrogen and oxygen atoms in total. The maximum atomic E-state index is 12.3. The van der Waals surface area contributed by atoms with E-state index in [-0.39, 0.29) is 11.9 Å². The molecule has 2 rings (SSSR count). The fourth-order valence-corrected chi connectivity index (χ4v) is 2.57. The lowest BCUT2D eigenvalue weighted by Crippen LogP contribution is -2.33. The highest BCUT2D eigenvalue weighted by atomic mass is 16.2. The van der Waals surface area contributed by atoms with E-state index < -0.39 is 12.1 Å². The summed E-state index contributed by atoms with van der Waals surface area (Å²) in [4.78, 5) is 39.2. The summed E-state index contributed by atoms with van der Waals surface area (Å²) >= 11 is 0. The SMILES string of the molecule is C=CCCCN(C)C(=O)Nc1cccc(N2C(=O)NC(CC)C2=O)c1. The number of amides is 5. The lowest BCUT2D eigenvalue weighted by Gasteiger charge is -2.19. The summed E-state index contributed by atoms with van der Waals surface area (Å²) in [6.45, 7) is 6.11. The van der Waals surface area contributed by atoms with Gasteiger partial charge >= 0.3 is 12.1 Å². The molecule has 0 saturated carbocycles. The normalized spacial score (nSPS) is 16.6. The second-order valence-electron chi connectivity index (χ2n) is 5.92. The van der Waals surface area contributed by atoms with Crippen LogP contribution in [0.5, 0.6) is 0 Å². The summed E-state index contributed by atoms with van der Waals surface area (Å²) < 4.78 is 0. The molecule has 1 fully saturated rings. The van der Waals surface area contributed by atoms with Crippen molar-refractivity contribution in [1.82, 2.24) is 10.2 Å². The van der Waals surface area contributed by atoms with Crippen molar-refractivity contribution in [2.45, 2.75) is 32.2 Å². The summed E-state index contributed by atoms with van der Waals surface area (Å²) in [7, 11) is 1.71. The van der Waals surface area contributed by atoms with E-state index in [9.17, 15) is 14.4 Å². The van der Waals surface area contributed by atoms with Crippen molar-refractivity contribution in [2.24, 2.45) is 0 Å². The van der Waals surface area contributed by atoms with Crippen molar-refractivity contribution in [3.63, 3.8) is 0 Å². The third-order valence-electron chi connectivity index (χ3n) is 4.03. The Labute approximate surface area is 147 Å². The van der Waals surface area contributed by atoms with E-state index in [1.165, 1.54) is 0 Å². The Balaban J connectivity index is 2.06. The molecule has 1 aromatic rings. The first-order chi connectivity index (χ1) is 12.0. The van der Waals surface area contributed by atoms with Crippen molar-refractivity contribution < 1.29 is 14.4 Å². The van der Waals surface area contributed by atoms with Crippen LogP contribution in [0.3, 0.4) is 0 Å². The van der Waals surface area contributed by atoms with Crippen LogP contribution in [0.4, 0.5) is 21.0 Å². The molecule has 1 heterocycles. The van der Waals surface area contributed by atoms with E-state index in [0.717, 1.165) is 17.7 Å². The minimum atomic E-state index is -0.498. The monoisotopic (exact) mass is 344 g/mol. The van der Waals surface area contributed by atoms with E-state index in [1.807, 2.05) is 13.0 Å². The van der Waals surface area contributed by atoms with E-state index in [0.29, 0.717) is 24.3 Å². The molecule has 0 aliphatic carbocycles. The molecular formula is C18H24N4O3. The molecule has 134 valence electrons. The number of rotatable bonds is 7. The van der Waals surface area contributed by atoms with Crippen LogP contribution in [-0.4, -0.2) is 42.5 Å². The van der Waals surface area contributed by atoms with Crippen LogP contribution < -0.4 is 15.5 Å². The van der Waals surface area contributed by atoms with Gasteiger partial charge in [0.15, 0.2) is 0 Å². The molecule has 1 atom stereocenters. The largest absolute Gasteiger partial charge is 0.329 e. The smallest absolute Gasteiger partial charge is 0.328 e. The van der Waals surface area contributed by atoms with Crippen LogP contribution >= 0.6 is 0 Å². The summed E-state index contributed by atoms with van der Waals surface area (Å²) in [5.74, 6) is -0.280. The molecule has 1 unspecified atom stereocenters. The minimum Gasteiger partial charge on any atom is -0.328 e. The van der Waals surface area contributed by atoms with Crippen LogP contribution in [0.2, 0.25) is 0 Å². The first-order valence-electron chi connectivity index (χ1n) is 8.35. The molecule has 0 bridgehead atoms. The first kappa shape index (κ1) is 18.5. The van der Waals surface area contributed by atoms with Crippen LogP contribution in [0.1, 0.15) is 26.2 Å². The van der Waals surface area contributed by atoms with Crippen molar-refractivity contribution in [3.05, 3.63) is 36.9 Å². The average molecular weight is 344 g/mol. The molecule has 1 saturated heterocycles. The second kappa shape index (κ2) is 8.32. The fraction of sp³-hybridized carbons (Fsp3) is 0.389. The Morgan fingerprint density at radius 2 is 2.20 bits per heavy atom. The van der Waals surface area contributed by atoms with Gasteiger partial charge in [-0.3, -0.25) is 4.79 Å². The molecule has 1 aromatic carbocycles. The number of allylic oxidation sites excluding steroid dienone is 1. The molecule has 0 spiro atoms. The molecule has 0 aromatic heterocycles. The van der Waals surface area contributed by atoms with Gasteiger partial charge in [0.25, 0.3) is 5.91 Å². The summed E-state index contributed by atoms with van der Waals surface area (Å²) in [6.07, 6.45) is 4.04. The van der Waals surface area contributed by atoms with Gasteiger partial charge in [0, 0.05) is 19.3 Å². The van der Waals surface area contributed by atoms with Gasteiger partial charge in [-0.25, -0.2) is 14.5 Å². The Morgan fingerprint density at radius 1 is 1.44 bits per heavy atom. The fourth-order valence-electron chi connectivity index (χ4n) is 2.57. The summed E-state index contributed by atoms with van der Waals surface area (Å²) in [6, 6.07) is 5.51. The van der Waals surface area contributed by atoms with Gasteiger partial charge in [-0.1, -0.05) is 19.1 Å². The lowest BCUT2D eigenvalue weighted by molar-refractivity contribution is -0.118. The van der Waals surface area contributed by atoms with Crippen molar-refractivity contribution in [2.75, 3.05) is 23.8 Å². The van der Waals surface area contributed by atoms with Gasteiger partial charge in [-0.15, -0.1) is 6.58 Å². The number of unbranched alkanes of at least 4 members (excludes halogenated alkanes) is 1. The van der Waals surface area contributed by atoms with Crippen LogP contribution in [0, 0.1) is 0 Å². The van der Waals surface area contributed by atoms with Gasteiger partial charge in [0.2, 0.25) is 0 Å². The van der Waals surface area contributed by atoms with Crippen molar-refractivity contribution >= 4 is 29.3 Å². The Morgan fingerprint density at radius 3 is 2.84 bits per heavy atom. The first-order valence-corrected chi connectivity index (χ1v) is 8.35. The van der Waals surface area contributed by atoms with E-state index in [2.05, 4.69) is 17.2 Å². The zero-order valence-corrected chi connectivity index (χ0v) is 14.6. The minimum absolute atomic E-state index is 0.246. The summed E-state index contributed by atoms with van der Waals surface area (Å²) in [5.41, 5.74) is 0.962. The molecule has 5 amide bonds. The number of hydrogen-bond donors (Lipinski definition) is 2. The molecule has 2 N–H and O–H groups in total. The molecule has 0 radical (unpaired) electrons. The number of nitrogens with zero attached hydrogens (tertiary/aromatic N) is 2. The Hall–Kier alpha value is -2.83. The zero-order valence-electron chi connectivity index (χ0n) is 14.6. The summed E-state index contributed by atoms with van der Waals surface area (Å²) in [5, 5.41) is 5.42. The standard InChI is InChI=1S/C18H24N4O3/c1-4-6-7-11-21(3)17(24)19-13-9-8-10-14(12-13)22-16(23)15(5-2)20-18(22)25/h4,8-10,12,15H,1,5-7,11H2,2-3H3,(H,19,24)(H,20,25). The number of nitrogens with one attached hydrogen (secondary N) is 2. The van der Waals surface area contributed by atoms with E-state index in [1.54, 1.807) is 36.2 Å². The maximum Gasteiger partial charge on any atom is 0.329 e. The molecular weight excluding hydrogens is 320 g/mol. The maximum absolute atomic E-state index is 12.3. The zero-order chi connectivity index (χ0) is 18.4. The highest BCUT2D eigenvalue weighted by Crippen LogP contribution is 2.24. The average Bonchev–Trinajstić information content (AvgIpc) is 2.89. The number of anilines is 2. The number of carbonyl (C=O) groups is 3. The van der Waals surface area contributed by atoms with Crippen molar-refractivity contribution in [1.29, 1.82) is 0 Å². The van der Waals surface area contributed by atoms with Gasteiger partial charge in [-0.2, -0.15) is 0 Å². The quantitative estimate of drug-likeness (QED) is 0.453. The Bertz CT molecular complexity index is 674.